The van der Waals surface area contributed by atoms with Crippen LogP contribution in [0.4, 0.5) is 11.4 Å². The number of hydrogen-bond donors (Lipinski definition) is 3. The van der Waals surface area contributed by atoms with Gasteiger partial charge in [0.2, 0.25) is 0 Å². The summed E-state index contributed by atoms with van der Waals surface area (Å²) in [7, 11) is 0. The van der Waals surface area contributed by atoms with Crippen molar-refractivity contribution in [3.05, 3.63) is 48.0 Å². The maximum absolute atomic E-state index is 10.9. The van der Waals surface area contributed by atoms with Crippen molar-refractivity contribution in [3.63, 3.8) is 0 Å². The van der Waals surface area contributed by atoms with Gasteiger partial charge in [-0.15, -0.1) is 0 Å². The van der Waals surface area contributed by atoms with Gasteiger partial charge in [0.15, 0.2) is 0 Å². The number of anilines is 2. The average molecular weight is 228 g/mol. The molecule has 5 N–H and O–H groups in total. The lowest BCUT2D eigenvalue weighted by Gasteiger charge is -2.06. The molecule has 86 valence electrons. The summed E-state index contributed by atoms with van der Waals surface area (Å²) in [5.41, 5.74) is 14.2. The van der Waals surface area contributed by atoms with Gasteiger partial charge < -0.3 is 16.6 Å². The number of aromatic carboxylic acids is 1. The Labute approximate surface area is 98.5 Å². The molecule has 0 radical (unpaired) electrons. The minimum atomic E-state index is -0.998. The van der Waals surface area contributed by atoms with Crippen molar-refractivity contribution in [2.24, 2.45) is 0 Å². The van der Waals surface area contributed by atoms with E-state index in [-0.39, 0.29) is 5.56 Å². The lowest BCUT2D eigenvalue weighted by Crippen LogP contribution is -1.98. The molecule has 0 spiro atoms. The lowest BCUT2D eigenvalue weighted by molar-refractivity contribution is 0.0697. The van der Waals surface area contributed by atoms with Crippen molar-refractivity contribution in [3.8, 4) is 11.1 Å². The number of nitrogen functional groups attached to an aromatic ring is 2. The zero-order chi connectivity index (χ0) is 12.4. The predicted octanol–water partition coefficient (Wildman–Crippen LogP) is 2.22. The van der Waals surface area contributed by atoms with Crippen LogP contribution in [0.5, 0.6) is 0 Å². The Hall–Kier alpha value is -2.49. The van der Waals surface area contributed by atoms with Gasteiger partial charge in [0.1, 0.15) is 0 Å². The van der Waals surface area contributed by atoms with Gasteiger partial charge in [0, 0.05) is 11.4 Å². The van der Waals surface area contributed by atoms with E-state index in [1.807, 2.05) is 12.1 Å². The zero-order valence-corrected chi connectivity index (χ0v) is 9.05. The van der Waals surface area contributed by atoms with Crippen molar-refractivity contribution >= 4 is 17.3 Å². The second-order valence-electron chi connectivity index (χ2n) is 3.77. The molecule has 0 heterocycles. The SMILES string of the molecule is Nc1cccc(-c2cc(N)cc(C(=O)O)c2)c1. The minimum Gasteiger partial charge on any atom is -0.478 e. The van der Waals surface area contributed by atoms with Crippen molar-refractivity contribution < 1.29 is 9.90 Å². The molecule has 0 saturated carbocycles. The summed E-state index contributed by atoms with van der Waals surface area (Å²) in [6.07, 6.45) is 0. The summed E-state index contributed by atoms with van der Waals surface area (Å²) >= 11 is 0. The number of carboxylic acid groups (broad SMARTS) is 1. The predicted molar refractivity (Wildman–Crippen MR) is 67.7 cm³/mol. The van der Waals surface area contributed by atoms with E-state index in [1.54, 1.807) is 24.3 Å². The van der Waals surface area contributed by atoms with Crippen molar-refractivity contribution in [2.45, 2.75) is 0 Å². The van der Waals surface area contributed by atoms with Crippen LogP contribution in [0.25, 0.3) is 11.1 Å². The van der Waals surface area contributed by atoms with E-state index in [1.165, 1.54) is 6.07 Å². The molecule has 4 nitrogen and oxygen atoms in total. The Morgan fingerprint density at radius 1 is 0.941 bits per heavy atom. The first-order chi connectivity index (χ1) is 8.06. The second kappa shape index (κ2) is 4.17. The maximum atomic E-state index is 10.9. The summed E-state index contributed by atoms with van der Waals surface area (Å²) in [4.78, 5) is 10.9. The quantitative estimate of drug-likeness (QED) is 0.687. The minimum absolute atomic E-state index is 0.169. The smallest absolute Gasteiger partial charge is 0.335 e. The highest BCUT2D eigenvalue weighted by atomic mass is 16.4. The first kappa shape index (κ1) is 11.0. The van der Waals surface area contributed by atoms with Crippen LogP contribution in [0.2, 0.25) is 0 Å². The van der Waals surface area contributed by atoms with Crippen molar-refractivity contribution in [1.82, 2.24) is 0 Å². The van der Waals surface area contributed by atoms with Gasteiger partial charge in [0.05, 0.1) is 5.56 Å². The summed E-state index contributed by atoms with van der Waals surface area (Å²) in [5, 5.41) is 8.95. The van der Waals surface area contributed by atoms with Gasteiger partial charge in [-0.05, 0) is 41.5 Å². The Bertz CT molecular complexity index is 579. The van der Waals surface area contributed by atoms with Gasteiger partial charge in [-0.1, -0.05) is 12.1 Å². The third-order valence-electron chi connectivity index (χ3n) is 2.42. The van der Waals surface area contributed by atoms with E-state index in [0.29, 0.717) is 11.4 Å². The third kappa shape index (κ3) is 2.36. The largest absolute Gasteiger partial charge is 0.478 e. The molecule has 2 rings (SSSR count). The Balaban J connectivity index is 2.56. The molecule has 0 amide bonds. The number of rotatable bonds is 2. The highest BCUT2D eigenvalue weighted by molar-refractivity contribution is 5.91. The van der Waals surface area contributed by atoms with Crippen molar-refractivity contribution in [2.75, 3.05) is 11.5 Å². The fourth-order valence-corrected chi connectivity index (χ4v) is 1.66. The molecule has 0 unspecified atom stereocenters. The molecular weight excluding hydrogens is 216 g/mol. The van der Waals surface area contributed by atoms with Gasteiger partial charge in [-0.3, -0.25) is 0 Å². The molecule has 0 atom stereocenters. The molecular formula is C13H12N2O2. The van der Waals surface area contributed by atoms with Crippen molar-refractivity contribution in [1.29, 1.82) is 0 Å². The highest BCUT2D eigenvalue weighted by Gasteiger charge is 2.07. The van der Waals surface area contributed by atoms with Crippen LogP contribution in [0.3, 0.4) is 0 Å². The fourth-order valence-electron chi connectivity index (χ4n) is 1.66. The van der Waals surface area contributed by atoms with Gasteiger partial charge >= 0.3 is 5.97 Å². The highest BCUT2D eigenvalue weighted by Crippen LogP contribution is 2.25. The summed E-state index contributed by atoms with van der Waals surface area (Å²) in [5.74, 6) is -0.998. The fraction of sp³-hybridized carbons (Fsp3) is 0. The molecule has 0 aliphatic rings. The van der Waals surface area contributed by atoms with E-state index < -0.39 is 5.97 Å². The molecule has 2 aromatic rings. The molecule has 0 saturated heterocycles. The van der Waals surface area contributed by atoms with Crippen LogP contribution in [-0.4, -0.2) is 11.1 Å². The Morgan fingerprint density at radius 3 is 2.29 bits per heavy atom. The van der Waals surface area contributed by atoms with Crippen LogP contribution in [0, 0.1) is 0 Å². The summed E-state index contributed by atoms with van der Waals surface area (Å²) in [6, 6.07) is 12.0. The van der Waals surface area contributed by atoms with Crippen LogP contribution in [0.15, 0.2) is 42.5 Å². The second-order valence-corrected chi connectivity index (χ2v) is 3.77. The monoisotopic (exact) mass is 228 g/mol. The van der Waals surface area contributed by atoms with Crippen LogP contribution in [-0.2, 0) is 0 Å². The molecule has 4 heteroatoms. The number of nitrogens with two attached hydrogens (primary N) is 2. The third-order valence-corrected chi connectivity index (χ3v) is 2.42. The molecule has 0 bridgehead atoms. The van der Waals surface area contributed by atoms with E-state index >= 15 is 0 Å². The molecule has 0 fully saturated rings. The molecule has 17 heavy (non-hydrogen) atoms. The molecule has 0 aliphatic carbocycles. The van der Waals surface area contributed by atoms with E-state index in [0.717, 1.165) is 11.1 Å². The van der Waals surface area contributed by atoms with Crippen LogP contribution < -0.4 is 11.5 Å². The number of carboxylic acids is 1. The van der Waals surface area contributed by atoms with Crippen LogP contribution >= 0.6 is 0 Å². The van der Waals surface area contributed by atoms with Gasteiger partial charge in [-0.2, -0.15) is 0 Å². The first-order valence-corrected chi connectivity index (χ1v) is 5.06. The van der Waals surface area contributed by atoms with E-state index in [9.17, 15) is 4.79 Å². The first-order valence-electron chi connectivity index (χ1n) is 5.06. The standard InChI is InChI=1S/C13H12N2O2/c14-11-3-1-2-8(5-11)9-4-10(13(16)17)7-12(15)6-9/h1-7H,14-15H2,(H,16,17). The van der Waals surface area contributed by atoms with E-state index in [2.05, 4.69) is 0 Å². The zero-order valence-electron chi connectivity index (χ0n) is 9.05. The Kier molecular flexibility index (Phi) is 2.70. The summed E-state index contributed by atoms with van der Waals surface area (Å²) < 4.78 is 0. The maximum Gasteiger partial charge on any atom is 0.335 e. The summed E-state index contributed by atoms with van der Waals surface area (Å²) in [6.45, 7) is 0. The lowest BCUT2D eigenvalue weighted by atomic mass is 10.0. The van der Waals surface area contributed by atoms with Gasteiger partial charge in [0.25, 0.3) is 0 Å². The average Bonchev–Trinajstić information content (AvgIpc) is 2.28. The van der Waals surface area contributed by atoms with E-state index in [4.69, 9.17) is 16.6 Å². The molecule has 0 aromatic heterocycles. The number of carbonyl (C=O) groups is 1. The van der Waals surface area contributed by atoms with Gasteiger partial charge in [-0.25, -0.2) is 4.79 Å². The normalized spacial score (nSPS) is 10.1. The number of hydrogen-bond acceptors (Lipinski definition) is 3. The molecule has 2 aromatic carbocycles. The van der Waals surface area contributed by atoms with Crippen LogP contribution in [0.1, 0.15) is 10.4 Å². The topological polar surface area (TPSA) is 89.3 Å². The Morgan fingerprint density at radius 2 is 1.65 bits per heavy atom. The number of benzene rings is 2. The molecule has 0 aliphatic heterocycles.